The van der Waals surface area contributed by atoms with E-state index in [2.05, 4.69) is 20.2 Å². The van der Waals surface area contributed by atoms with Crippen LogP contribution in [0.1, 0.15) is 38.5 Å². The molecule has 1 unspecified atom stereocenters. The molecule has 1 aliphatic carbocycles. The molecule has 0 bridgehead atoms. The van der Waals surface area contributed by atoms with E-state index in [1.807, 2.05) is 6.07 Å². The van der Waals surface area contributed by atoms with Gasteiger partial charge in [0.25, 0.3) is 0 Å². The summed E-state index contributed by atoms with van der Waals surface area (Å²) in [6.45, 7) is 2.09. The summed E-state index contributed by atoms with van der Waals surface area (Å²) in [4.78, 5) is 10.8. The Bertz CT molecular complexity index is 487. The zero-order valence-electron chi connectivity index (χ0n) is 13.0. The van der Waals surface area contributed by atoms with Crippen molar-refractivity contribution in [2.75, 3.05) is 36.5 Å². The number of aromatic nitrogens is 2. The molecule has 1 atom stereocenters. The summed E-state index contributed by atoms with van der Waals surface area (Å²) in [5.41, 5.74) is 0.0316. The van der Waals surface area contributed by atoms with Gasteiger partial charge in [0.1, 0.15) is 18.0 Å². The Hall–Kier alpha value is -1.40. The Labute approximate surface area is 131 Å². The van der Waals surface area contributed by atoms with Gasteiger partial charge in [0, 0.05) is 24.6 Å². The Morgan fingerprint density at radius 2 is 2.09 bits per heavy atom. The summed E-state index contributed by atoms with van der Waals surface area (Å²) >= 11 is 0. The number of nitrogens with one attached hydrogen (secondary N) is 1. The van der Waals surface area contributed by atoms with Crippen LogP contribution in [0.15, 0.2) is 12.4 Å². The Balaban J connectivity index is 1.66. The van der Waals surface area contributed by atoms with Gasteiger partial charge in [-0.25, -0.2) is 9.97 Å². The van der Waals surface area contributed by atoms with E-state index in [9.17, 15) is 10.2 Å². The average molecular weight is 306 g/mol. The molecule has 1 aromatic rings. The minimum absolute atomic E-state index is 0.0316. The fraction of sp³-hybridized carbons (Fsp3) is 0.750. The zero-order valence-corrected chi connectivity index (χ0v) is 13.0. The first-order valence-electron chi connectivity index (χ1n) is 8.31. The van der Waals surface area contributed by atoms with Crippen LogP contribution in [0, 0.1) is 5.41 Å². The molecule has 0 spiro atoms. The third-order valence-corrected chi connectivity index (χ3v) is 5.18. The molecule has 122 valence electrons. The highest BCUT2D eigenvalue weighted by Gasteiger charge is 2.36. The highest BCUT2D eigenvalue weighted by molar-refractivity contribution is 5.49. The summed E-state index contributed by atoms with van der Waals surface area (Å²) in [5, 5.41) is 22.4. The summed E-state index contributed by atoms with van der Waals surface area (Å²) in [5.74, 6) is 1.68. The number of nitrogens with zero attached hydrogens (tertiary/aromatic N) is 3. The number of hydrogen-bond donors (Lipinski definition) is 3. The maximum absolute atomic E-state index is 9.55. The molecule has 1 aliphatic heterocycles. The number of rotatable bonds is 6. The molecule has 0 radical (unpaired) electrons. The SMILES string of the molecule is OCC1CCCCN1c1cc(NCC2(CO)CCC2)ncn1. The van der Waals surface area contributed by atoms with Gasteiger partial charge in [-0.15, -0.1) is 0 Å². The lowest BCUT2D eigenvalue weighted by atomic mass is 9.69. The second-order valence-electron chi connectivity index (χ2n) is 6.65. The van der Waals surface area contributed by atoms with E-state index in [1.54, 1.807) is 6.33 Å². The molecular formula is C16H26N4O2. The van der Waals surface area contributed by atoms with Crippen LogP contribution in [0.2, 0.25) is 0 Å². The molecule has 0 aromatic carbocycles. The second-order valence-corrected chi connectivity index (χ2v) is 6.65. The van der Waals surface area contributed by atoms with Crippen molar-refractivity contribution in [3.8, 4) is 0 Å². The van der Waals surface area contributed by atoms with E-state index in [1.165, 1.54) is 6.42 Å². The Morgan fingerprint density at radius 3 is 2.77 bits per heavy atom. The summed E-state index contributed by atoms with van der Waals surface area (Å²) < 4.78 is 0. The Kier molecular flexibility index (Phi) is 4.78. The van der Waals surface area contributed by atoms with Crippen molar-refractivity contribution >= 4 is 11.6 Å². The fourth-order valence-electron chi connectivity index (χ4n) is 3.44. The Morgan fingerprint density at radius 1 is 1.23 bits per heavy atom. The first-order chi connectivity index (χ1) is 10.8. The van der Waals surface area contributed by atoms with Crippen LogP contribution in [-0.2, 0) is 0 Å². The van der Waals surface area contributed by atoms with Gasteiger partial charge in [0.05, 0.1) is 19.3 Å². The lowest BCUT2D eigenvalue weighted by molar-refractivity contribution is 0.0576. The molecule has 2 aliphatic rings. The molecule has 3 N–H and O–H groups in total. The van der Waals surface area contributed by atoms with Crippen molar-refractivity contribution in [3.63, 3.8) is 0 Å². The number of anilines is 2. The first-order valence-corrected chi connectivity index (χ1v) is 8.31. The van der Waals surface area contributed by atoms with Crippen LogP contribution in [-0.4, -0.2) is 52.5 Å². The molecular weight excluding hydrogens is 280 g/mol. The van der Waals surface area contributed by atoms with Crippen molar-refractivity contribution in [2.45, 2.75) is 44.6 Å². The van der Waals surface area contributed by atoms with Crippen molar-refractivity contribution in [1.82, 2.24) is 9.97 Å². The summed E-state index contributed by atoms with van der Waals surface area (Å²) in [7, 11) is 0. The second kappa shape index (κ2) is 6.79. The van der Waals surface area contributed by atoms with Crippen LogP contribution in [0.25, 0.3) is 0 Å². The molecule has 3 rings (SSSR count). The predicted octanol–water partition coefficient (Wildman–Crippen LogP) is 1.40. The molecule has 6 nitrogen and oxygen atoms in total. The maximum Gasteiger partial charge on any atom is 0.134 e. The fourth-order valence-corrected chi connectivity index (χ4v) is 3.44. The highest BCUT2D eigenvalue weighted by Crippen LogP contribution is 2.40. The van der Waals surface area contributed by atoms with Gasteiger partial charge >= 0.3 is 0 Å². The quantitative estimate of drug-likeness (QED) is 0.737. The molecule has 1 saturated carbocycles. The predicted molar refractivity (Wildman–Crippen MR) is 86.0 cm³/mol. The number of aliphatic hydroxyl groups is 2. The smallest absolute Gasteiger partial charge is 0.134 e. The largest absolute Gasteiger partial charge is 0.396 e. The van der Waals surface area contributed by atoms with E-state index < -0.39 is 0 Å². The summed E-state index contributed by atoms with van der Waals surface area (Å²) in [6, 6.07) is 2.12. The average Bonchev–Trinajstić information content (AvgIpc) is 2.54. The van der Waals surface area contributed by atoms with Gasteiger partial charge in [-0.05, 0) is 32.1 Å². The number of hydrogen-bond acceptors (Lipinski definition) is 6. The molecule has 2 heterocycles. The van der Waals surface area contributed by atoms with Crippen molar-refractivity contribution < 1.29 is 10.2 Å². The van der Waals surface area contributed by atoms with Crippen LogP contribution < -0.4 is 10.2 Å². The van der Waals surface area contributed by atoms with E-state index in [4.69, 9.17) is 0 Å². The standard InChI is InChI=1S/C16H26N4O2/c21-9-13-4-1-2-7-20(13)15-8-14(18-12-19-15)17-10-16(11-22)5-3-6-16/h8,12-13,21-22H,1-7,9-11H2,(H,17,18,19). The normalized spacial score (nSPS) is 23.9. The van der Waals surface area contributed by atoms with Gasteiger partial charge in [-0.1, -0.05) is 6.42 Å². The van der Waals surface area contributed by atoms with Crippen LogP contribution >= 0.6 is 0 Å². The van der Waals surface area contributed by atoms with E-state index >= 15 is 0 Å². The van der Waals surface area contributed by atoms with E-state index in [0.29, 0.717) is 0 Å². The van der Waals surface area contributed by atoms with E-state index in [-0.39, 0.29) is 24.7 Å². The van der Waals surface area contributed by atoms with Gasteiger partial charge in [-0.3, -0.25) is 0 Å². The minimum Gasteiger partial charge on any atom is -0.396 e. The topological polar surface area (TPSA) is 81.5 Å². The van der Waals surface area contributed by atoms with Crippen LogP contribution in [0.5, 0.6) is 0 Å². The first kappa shape index (κ1) is 15.5. The highest BCUT2D eigenvalue weighted by atomic mass is 16.3. The third kappa shape index (κ3) is 3.17. The van der Waals surface area contributed by atoms with Gasteiger partial charge in [0.15, 0.2) is 0 Å². The van der Waals surface area contributed by atoms with Crippen molar-refractivity contribution in [2.24, 2.45) is 5.41 Å². The lowest BCUT2D eigenvalue weighted by Gasteiger charge is -2.40. The summed E-state index contributed by atoms with van der Waals surface area (Å²) in [6.07, 6.45) is 8.24. The van der Waals surface area contributed by atoms with Gasteiger partial charge < -0.3 is 20.4 Å². The van der Waals surface area contributed by atoms with Crippen LogP contribution in [0.3, 0.4) is 0 Å². The molecule has 1 aromatic heterocycles. The van der Waals surface area contributed by atoms with Crippen molar-refractivity contribution in [3.05, 3.63) is 12.4 Å². The third-order valence-electron chi connectivity index (χ3n) is 5.18. The van der Waals surface area contributed by atoms with E-state index in [0.717, 1.165) is 56.8 Å². The molecule has 22 heavy (non-hydrogen) atoms. The van der Waals surface area contributed by atoms with Crippen LogP contribution in [0.4, 0.5) is 11.6 Å². The minimum atomic E-state index is 0.0316. The van der Waals surface area contributed by atoms with Gasteiger partial charge in [0.2, 0.25) is 0 Å². The molecule has 6 heteroatoms. The maximum atomic E-state index is 9.55. The molecule has 2 fully saturated rings. The van der Waals surface area contributed by atoms with Gasteiger partial charge in [-0.2, -0.15) is 0 Å². The lowest BCUT2D eigenvalue weighted by Crippen LogP contribution is -2.42. The molecule has 0 amide bonds. The zero-order chi connectivity index (χ0) is 15.4. The molecule has 1 saturated heterocycles. The van der Waals surface area contributed by atoms with Crippen molar-refractivity contribution in [1.29, 1.82) is 0 Å². The monoisotopic (exact) mass is 306 g/mol. The number of aliphatic hydroxyl groups excluding tert-OH is 2. The number of piperidine rings is 1.